The molecule has 1 aliphatic heterocycles. The van der Waals surface area contributed by atoms with Crippen molar-refractivity contribution in [1.82, 2.24) is 10.0 Å². The van der Waals surface area contributed by atoms with Crippen molar-refractivity contribution in [1.29, 1.82) is 0 Å². The predicted molar refractivity (Wildman–Crippen MR) is 70.4 cm³/mol. The van der Waals surface area contributed by atoms with Crippen molar-refractivity contribution in [3.63, 3.8) is 0 Å². The lowest BCUT2D eigenvalue weighted by atomic mass is 10.2. The molecule has 1 fully saturated rings. The van der Waals surface area contributed by atoms with Gasteiger partial charge >= 0.3 is 0 Å². The van der Waals surface area contributed by atoms with E-state index < -0.39 is 10.0 Å². The van der Waals surface area contributed by atoms with Gasteiger partial charge < -0.3 is 5.32 Å². The molecule has 6 heteroatoms. The van der Waals surface area contributed by atoms with Gasteiger partial charge in [-0.25, -0.2) is 13.1 Å². The average Bonchev–Trinajstić information content (AvgIpc) is 2.26. The lowest BCUT2D eigenvalue weighted by Gasteiger charge is -2.24. The summed E-state index contributed by atoms with van der Waals surface area (Å²) in [4.78, 5) is 0. The summed E-state index contributed by atoms with van der Waals surface area (Å²) in [6, 6.07) is 0.148. The van der Waals surface area contributed by atoms with Crippen LogP contribution in [0.5, 0.6) is 0 Å². The summed E-state index contributed by atoms with van der Waals surface area (Å²) >= 11 is 1.90. The third-order valence-electron chi connectivity index (χ3n) is 2.76. The van der Waals surface area contributed by atoms with Crippen LogP contribution in [0.15, 0.2) is 0 Å². The van der Waals surface area contributed by atoms with Crippen LogP contribution in [-0.2, 0) is 10.0 Å². The van der Waals surface area contributed by atoms with Crippen molar-refractivity contribution in [3.8, 4) is 0 Å². The summed E-state index contributed by atoms with van der Waals surface area (Å²) in [7, 11) is -3.15. The standard InChI is InChI=1S/C10H22N2O2S2/c1-3-11-8-9(2)16(13,14)12-10-4-6-15-7-5-10/h9-12H,3-8H2,1-2H3. The third-order valence-corrected chi connectivity index (χ3v) is 5.70. The molecule has 1 unspecified atom stereocenters. The number of hydrogen-bond acceptors (Lipinski definition) is 4. The number of sulfonamides is 1. The summed E-state index contributed by atoms with van der Waals surface area (Å²) < 4.78 is 26.7. The number of thioether (sulfide) groups is 1. The van der Waals surface area contributed by atoms with Gasteiger partial charge in [-0.1, -0.05) is 6.92 Å². The Morgan fingerprint density at radius 1 is 1.38 bits per heavy atom. The quantitative estimate of drug-likeness (QED) is 0.746. The minimum absolute atomic E-state index is 0.148. The van der Waals surface area contributed by atoms with Crippen molar-refractivity contribution in [2.75, 3.05) is 24.6 Å². The first-order valence-electron chi connectivity index (χ1n) is 5.86. The normalized spacial score (nSPS) is 20.9. The van der Waals surface area contributed by atoms with Crippen LogP contribution < -0.4 is 10.0 Å². The van der Waals surface area contributed by atoms with E-state index in [2.05, 4.69) is 10.0 Å². The van der Waals surface area contributed by atoms with Crippen LogP contribution in [0.1, 0.15) is 26.7 Å². The van der Waals surface area contributed by atoms with E-state index in [-0.39, 0.29) is 11.3 Å². The topological polar surface area (TPSA) is 58.2 Å². The first-order valence-corrected chi connectivity index (χ1v) is 8.56. The first-order chi connectivity index (χ1) is 7.56. The molecule has 1 rings (SSSR count). The Balaban J connectivity index is 2.42. The molecule has 16 heavy (non-hydrogen) atoms. The van der Waals surface area contributed by atoms with Crippen LogP contribution in [0.25, 0.3) is 0 Å². The van der Waals surface area contributed by atoms with Crippen LogP contribution in [0, 0.1) is 0 Å². The highest BCUT2D eigenvalue weighted by molar-refractivity contribution is 7.99. The molecule has 0 aromatic carbocycles. The molecule has 2 N–H and O–H groups in total. The van der Waals surface area contributed by atoms with E-state index in [0.29, 0.717) is 6.54 Å². The van der Waals surface area contributed by atoms with Gasteiger partial charge in [0.05, 0.1) is 5.25 Å². The Labute approximate surface area is 103 Å². The molecular formula is C10H22N2O2S2. The van der Waals surface area contributed by atoms with Crippen molar-refractivity contribution >= 4 is 21.8 Å². The van der Waals surface area contributed by atoms with Gasteiger partial charge in [0.1, 0.15) is 0 Å². The zero-order chi connectivity index (χ0) is 12.0. The van der Waals surface area contributed by atoms with Crippen LogP contribution in [0.4, 0.5) is 0 Å². The molecule has 4 nitrogen and oxygen atoms in total. The Bertz CT molecular complexity index is 287. The lowest BCUT2D eigenvalue weighted by Crippen LogP contribution is -2.44. The molecule has 1 aliphatic rings. The Morgan fingerprint density at radius 3 is 2.56 bits per heavy atom. The van der Waals surface area contributed by atoms with Crippen molar-refractivity contribution < 1.29 is 8.42 Å². The molecule has 0 radical (unpaired) electrons. The van der Waals surface area contributed by atoms with E-state index in [4.69, 9.17) is 0 Å². The second-order valence-corrected chi connectivity index (χ2v) is 7.52. The molecule has 96 valence electrons. The Morgan fingerprint density at radius 2 is 2.00 bits per heavy atom. The monoisotopic (exact) mass is 266 g/mol. The molecule has 1 heterocycles. The molecule has 0 amide bonds. The fourth-order valence-corrected chi connectivity index (χ4v) is 4.00. The maximum Gasteiger partial charge on any atom is 0.215 e. The number of nitrogens with one attached hydrogen (secondary N) is 2. The van der Waals surface area contributed by atoms with Crippen molar-refractivity contribution in [2.24, 2.45) is 0 Å². The van der Waals surface area contributed by atoms with Gasteiger partial charge in [0.15, 0.2) is 0 Å². The fourth-order valence-electron chi connectivity index (χ4n) is 1.62. The minimum Gasteiger partial charge on any atom is -0.316 e. The van der Waals surface area contributed by atoms with Crippen LogP contribution in [0.2, 0.25) is 0 Å². The van der Waals surface area contributed by atoms with E-state index in [1.165, 1.54) is 0 Å². The van der Waals surface area contributed by atoms with E-state index in [1.54, 1.807) is 6.92 Å². The van der Waals surface area contributed by atoms with E-state index in [9.17, 15) is 8.42 Å². The molecule has 0 spiro atoms. The molecule has 0 saturated carbocycles. The minimum atomic E-state index is -3.15. The van der Waals surface area contributed by atoms with Crippen LogP contribution in [0.3, 0.4) is 0 Å². The predicted octanol–water partition coefficient (Wildman–Crippen LogP) is 0.799. The molecule has 1 saturated heterocycles. The Hall–Kier alpha value is 0.220. The van der Waals surface area contributed by atoms with Gasteiger partial charge in [-0.3, -0.25) is 0 Å². The molecule has 0 aromatic heterocycles. The number of hydrogen-bond donors (Lipinski definition) is 2. The van der Waals surface area contributed by atoms with E-state index in [1.807, 2.05) is 18.7 Å². The smallest absolute Gasteiger partial charge is 0.215 e. The molecule has 0 aliphatic carbocycles. The molecule has 0 bridgehead atoms. The zero-order valence-electron chi connectivity index (χ0n) is 10.0. The van der Waals surface area contributed by atoms with Crippen LogP contribution in [-0.4, -0.2) is 44.3 Å². The fraction of sp³-hybridized carbons (Fsp3) is 1.00. The second kappa shape index (κ2) is 6.83. The van der Waals surface area contributed by atoms with Gasteiger partial charge in [-0.15, -0.1) is 0 Å². The molecular weight excluding hydrogens is 244 g/mol. The third kappa shape index (κ3) is 4.61. The second-order valence-electron chi connectivity index (χ2n) is 4.17. The lowest BCUT2D eigenvalue weighted by molar-refractivity contribution is 0.516. The largest absolute Gasteiger partial charge is 0.316 e. The molecule has 1 atom stereocenters. The van der Waals surface area contributed by atoms with Gasteiger partial charge in [0, 0.05) is 12.6 Å². The Kier molecular flexibility index (Phi) is 6.10. The summed E-state index contributed by atoms with van der Waals surface area (Å²) in [6.07, 6.45) is 1.91. The van der Waals surface area contributed by atoms with Gasteiger partial charge in [-0.05, 0) is 37.8 Å². The molecule has 0 aromatic rings. The maximum absolute atomic E-state index is 11.9. The summed E-state index contributed by atoms with van der Waals surface area (Å²) in [5.74, 6) is 2.13. The maximum atomic E-state index is 11.9. The van der Waals surface area contributed by atoms with Crippen LogP contribution >= 0.6 is 11.8 Å². The zero-order valence-corrected chi connectivity index (χ0v) is 11.7. The summed E-state index contributed by atoms with van der Waals surface area (Å²) in [5.41, 5.74) is 0. The van der Waals surface area contributed by atoms with E-state index in [0.717, 1.165) is 30.9 Å². The van der Waals surface area contributed by atoms with E-state index >= 15 is 0 Å². The van der Waals surface area contributed by atoms with Crippen molar-refractivity contribution in [3.05, 3.63) is 0 Å². The summed E-state index contributed by atoms with van der Waals surface area (Å²) in [6.45, 7) is 5.06. The SMILES string of the molecule is CCNCC(C)S(=O)(=O)NC1CCSCC1. The number of rotatable bonds is 6. The average molecular weight is 266 g/mol. The highest BCUT2D eigenvalue weighted by Gasteiger charge is 2.25. The highest BCUT2D eigenvalue weighted by atomic mass is 32.2. The highest BCUT2D eigenvalue weighted by Crippen LogP contribution is 2.18. The van der Waals surface area contributed by atoms with Crippen molar-refractivity contribution in [2.45, 2.75) is 38.0 Å². The first kappa shape index (κ1) is 14.3. The van der Waals surface area contributed by atoms with Gasteiger partial charge in [0.2, 0.25) is 10.0 Å². The van der Waals surface area contributed by atoms with Gasteiger partial charge in [-0.2, -0.15) is 11.8 Å². The van der Waals surface area contributed by atoms with Gasteiger partial charge in [0.25, 0.3) is 0 Å². The summed E-state index contributed by atoms with van der Waals surface area (Å²) in [5, 5.41) is 2.71.